The van der Waals surface area contributed by atoms with Crippen molar-refractivity contribution in [1.29, 1.82) is 0 Å². The van der Waals surface area contributed by atoms with Crippen molar-refractivity contribution >= 4 is 28.5 Å². The molecule has 0 fully saturated rings. The molecule has 0 aliphatic heterocycles. The molecule has 26 heavy (non-hydrogen) atoms. The molecule has 0 saturated heterocycles. The molecule has 3 rings (SSSR count). The molecule has 0 radical (unpaired) electrons. The molecular formula is C19H14FNO5. The molecule has 0 unspecified atom stereocenters. The van der Waals surface area contributed by atoms with Crippen LogP contribution in [-0.2, 0) is 9.53 Å². The number of rotatable bonds is 4. The van der Waals surface area contributed by atoms with E-state index in [1.807, 2.05) is 0 Å². The average molecular weight is 355 g/mol. The Morgan fingerprint density at radius 2 is 1.92 bits per heavy atom. The third-order valence-corrected chi connectivity index (χ3v) is 3.57. The van der Waals surface area contributed by atoms with Gasteiger partial charge in [-0.3, -0.25) is 9.59 Å². The lowest BCUT2D eigenvalue weighted by Crippen LogP contribution is -2.22. The van der Waals surface area contributed by atoms with Crippen LogP contribution in [0.25, 0.3) is 11.0 Å². The molecule has 1 N–H and O–H groups in total. The molecule has 3 aromatic rings. The predicted molar refractivity (Wildman–Crippen MR) is 92.5 cm³/mol. The van der Waals surface area contributed by atoms with Gasteiger partial charge in [0.2, 0.25) is 5.76 Å². The predicted octanol–water partition coefficient (Wildman–Crippen LogP) is 3.04. The highest BCUT2D eigenvalue weighted by Crippen LogP contribution is 2.15. The second kappa shape index (κ2) is 7.18. The first kappa shape index (κ1) is 17.3. The molecule has 0 aliphatic carbocycles. The third kappa shape index (κ3) is 3.77. The first-order chi connectivity index (χ1) is 12.4. The molecule has 1 heterocycles. The second-order valence-electron chi connectivity index (χ2n) is 5.58. The van der Waals surface area contributed by atoms with Gasteiger partial charge >= 0.3 is 5.97 Å². The number of carbonyl (C=O) groups is 2. The monoisotopic (exact) mass is 355 g/mol. The molecule has 6 nitrogen and oxygen atoms in total. The summed E-state index contributed by atoms with van der Waals surface area (Å²) in [5.74, 6) is -2.59. The van der Waals surface area contributed by atoms with E-state index in [0.29, 0.717) is 10.9 Å². The van der Waals surface area contributed by atoms with Crippen LogP contribution >= 0.6 is 0 Å². The number of para-hydroxylation sites is 1. The second-order valence-corrected chi connectivity index (χ2v) is 5.58. The Morgan fingerprint density at radius 3 is 2.69 bits per heavy atom. The van der Waals surface area contributed by atoms with E-state index in [0.717, 1.165) is 6.07 Å². The highest BCUT2D eigenvalue weighted by Gasteiger charge is 2.16. The molecule has 1 amide bonds. The van der Waals surface area contributed by atoms with Gasteiger partial charge in [-0.2, -0.15) is 0 Å². The topological polar surface area (TPSA) is 85.6 Å². The lowest BCUT2D eigenvalue weighted by molar-refractivity contribution is -0.119. The maximum absolute atomic E-state index is 13.7. The van der Waals surface area contributed by atoms with Crippen LogP contribution < -0.4 is 10.7 Å². The SMILES string of the molecule is Cc1ccc(NC(=O)COC(=O)c2cc(=O)c3ccccc3o2)c(F)c1. The number of amides is 1. The van der Waals surface area contributed by atoms with Gasteiger partial charge in [0.15, 0.2) is 12.0 Å². The molecule has 0 atom stereocenters. The summed E-state index contributed by atoms with van der Waals surface area (Å²) in [6.07, 6.45) is 0. The van der Waals surface area contributed by atoms with Crippen molar-refractivity contribution < 1.29 is 23.1 Å². The Labute approximate surface area is 147 Å². The molecule has 0 spiro atoms. The van der Waals surface area contributed by atoms with E-state index in [4.69, 9.17) is 9.15 Å². The number of fused-ring (bicyclic) bond motifs is 1. The van der Waals surface area contributed by atoms with Gasteiger partial charge in [-0.1, -0.05) is 18.2 Å². The molecule has 1 aromatic heterocycles. The standard InChI is InChI=1S/C19H14FNO5/c1-11-6-7-14(13(20)8-11)21-18(23)10-25-19(24)17-9-15(22)12-4-2-3-5-16(12)26-17/h2-9H,10H2,1H3,(H,21,23). The minimum atomic E-state index is -0.965. The molecular weight excluding hydrogens is 341 g/mol. The molecule has 0 bridgehead atoms. The summed E-state index contributed by atoms with van der Waals surface area (Å²) in [5.41, 5.74) is 0.523. The zero-order chi connectivity index (χ0) is 18.7. The molecule has 0 saturated carbocycles. The summed E-state index contributed by atoms with van der Waals surface area (Å²) >= 11 is 0. The van der Waals surface area contributed by atoms with E-state index in [9.17, 15) is 18.8 Å². The van der Waals surface area contributed by atoms with E-state index in [2.05, 4.69) is 5.32 Å². The normalized spacial score (nSPS) is 10.5. The largest absolute Gasteiger partial charge is 0.450 e. The van der Waals surface area contributed by atoms with E-state index < -0.39 is 29.7 Å². The summed E-state index contributed by atoms with van der Waals surface area (Å²) in [7, 11) is 0. The van der Waals surface area contributed by atoms with Gasteiger partial charge in [0.25, 0.3) is 5.91 Å². The van der Waals surface area contributed by atoms with Crippen LogP contribution in [0.5, 0.6) is 0 Å². The summed E-state index contributed by atoms with van der Waals surface area (Å²) < 4.78 is 23.8. The number of hydrogen-bond acceptors (Lipinski definition) is 5. The van der Waals surface area contributed by atoms with Crippen LogP contribution in [0, 0.1) is 12.7 Å². The Hall–Kier alpha value is -3.48. The number of anilines is 1. The van der Waals surface area contributed by atoms with E-state index in [1.54, 1.807) is 37.3 Å². The van der Waals surface area contributed by atoms with Crippen LogP contribution in [0.4, 0.5) is 10.1 Å². The summed E-state index contributed by atoms with van der Waals surface area (Å²) in [6, 6.07) is 11.8. The molecule has 7 heteroatoms. The third-order valence-electron chi connectivity index (χ3n) is 3.57. The van der Waals surface area contributed by atoms with Crippen molar-refractivity contribution in [3.8, 4) is 0 Å². The smallest absolute Gasteiger partial charge is 0.374 e. The lowest BCUT2D eigenvalue weighted by Gasteiger charge is -2.08. The van der Waals surface area contributed by atoms with Gasteiger partial charge in [0, 0.05) is 6.07 Å². The van der Waals surface area contributed by atoms with Crippen molar-refractivity contribution in [2.45, 2.75) is 6.92 Å². The van der Waals surface area contributed by atoms with Crippen molar-refractivity contribution in [2.75, 3.05) is 11.9 Å². The maximum atomic E-state index is 13.7. The van der Waals surface area contributed by atoms with Crippen molar-refractivity contribution in [3.05, 3.63) is 75.9 Å². The fourth-order valence-electron chi connectivity index (χ4n) is 2.31. The first-order valence-corrected chi connectivity index (χ1v) is 7.70. The molecule has 0 aliphatic rings. The van der Waals surface area contributed by atoms with Crippen molar-refractivity contribution in [3.63, 3.8) is 0 Å². The van der Waals surface area contributed by atoms with E-state index >= 15 is 0 Å². The van der Waals surface area contributed by atoms with E-state index in [1.165, 1.54) is 12.1 Å². The maximum Gasteiger partial charge on any atom is 0.374 e. The van der Waals surface area contributed by atoms with Crippen LogP contribution in [0.1, 0.15) is 16.1 Å². The zero-order valence-electron chi connectivity index (χ0n) is 13.7. The number of ether oxygens (including phenoxy) is 1. The molecule has 2 aromatic carbocycles. The highest BCUT2D eigenvalue weighted by atomic mass is 19.1. The number of benzene rings is 2. The van der Waals surface area contributed by atoms with Gasteiger partial charge in [-0.25, -0.2) is 9.18 Å². The first-order valence-electron chi connectivity index (χ1n) is 7.70. The van der Waals surface area contributed by atoms with Crippen molar-refractivity contribution in [2.24, 2.45) is 0 Å². The number of halogens is 1. The average Bonchev–Trinajstić information content (AvgIpc) is 2.62. The van der Waals surface area contributed by atoms with Crippen LogP contribution in [0.2, 0.25) is 0 Å². The minimum Gasteiger partial charge on any atom is -0.450 e. The fraction of sp³-hybridized carbons (Fsp3) is 0.105. The summed E-state index contributed by atoms with van der Waals surface area (Å²) in [5, 5.41) is 2.63. The quantitative estimate of drug-likeness (QED) is 0.727. The van der Waals surface area contributed by atoms with Gasteiger partial charge in [0.05, 0.1) is 11.1 Å². The lowest BCUT2D eigenvalue weighted by atomic mass is 10.2. The zero-order valence-corrected chi connectivity index (χ0v) is 13.7. The Balaban J connectivity index is 1.67. The summed E-state index contributed by atoms with van der Waals surface area (Å²) in [4.78, 5) is 35.8. The number of carbonyl (C=O) groups excluding carboxylic acids is 2. The number of esters is 1. The molecule has 132 valence electrons. The van der Waals surface area contributed by atoms with Gasteiger partial charge in [-0.05, 0) is 36.8 Å². The highest BCUT2D eigenvalue weighted by molar-refractivity contribution is 5.95. The number of aryl methyl sites for hydroxylation is 1. The fourth-order valence-corrected chi connectivity index (χ4v) is 2.31. The van der Waals surface area contributed by atoms with Gasteiger partial charge in [-0.15, -0.1) is 0 Å². The van der Waals surface area contributed by atoms with Crippen molar-refractivity contribution in [1.82, 2.24) is 0 Å². The minimum absolute atomic E-state index is 0.0195. The summed E-state index contributed by atoms with van der Waals surface area (Å²) in [6.45, 7) is 1.07. The van der Waals surface area contributed by atoms with E-state index in [-0.39, 0.29) is 17.0 Å². The van der Waals surface area contributed by atoms with Gasteiger partial charge in [0.1, 0.15) is 11.4 Å². The van der Waals surface area contributed by atoms with Gasteiger partial charge < -0.3 is 14.5 Å². The number of hydrogen-bond donors (Lipinski definition) is 1. The van der Waals surface area contributed by atoms with Crippen LogP contribution in [-0.4, -0.2) is 18.5 Å². The Morgan fingerprint density at radius 1 is 1.15 bits per heavy atom. The van der Waals surface area contributed by atoms with Crippen LogP contribution in [0.15, 0.2) is 57.7 Å². The Bertz CT molecular complexity index is 1060. The van der Waals surface area contributed by atoms with Crippen LogP contribution in [0.3, 0.4) is 0 Å². The Kier molecular flexibility index (Phi) is 4.79. The number of nitrogens with one attached hydrogen (secondary N) is 1.